The minimum atomic E-state index is -3.27. The summed E-state index contributed by atoms with van der Waals surface area (Å²) in [5, 5.41) is 4.03. The van der Waals surface area contributed by atoms with Crippen molar-refractivity contribution in [1.29, 1.82) is 0 Å². The van der Waals surface area contributed by atoms with Crippen molar-refractivity contribution in [3.8, 4) is 11.6 Å². The Hall–Kier alpha value is -2.74. The molecule has 1 atom stereocenters. The summed E-state index contributed by atoms with van der Waals surface area (Å²) in [6, 6.07) is 8.72. The van der Waals surface area contributed by atoms with Gasteiger partial charge in [0.2, 0.25) is 5.88 Å². The summed E-state index contributed by atoms with van der Waals surface area (Å²) in [6.45, 7) is 3.92. The topological polar surface area (TPSA) is 98.2 Å². The van der Waals surface area contributed by atoms with E-state index in [2.05, 4.69) is 15.3 Å². The van der Waals surface area contributed by atoms with E-state index in [1.165, 1.54) is 12.3 Å². The number of hydrogen-bond donors (Lipinski definition) is 1. The average Bonchev–Trinajstić information content (AvgIpc) is 3.50. The maximum atomic E-state index is 12.9. The Balaban J connectivity index is 1.87. The fraction of sp³-hybridized carbons (Fsp3) is 0.381. The van der Waals surface area contributed by atoms with E-state index >= 15 is 0 Å². The first-order valence-electron chi connectivity index (χ1n) is 9.52. The van der Waals surface area contributed by atoms with E-state index in [1.54, 1.807) is 12.1 Å². The highest BCUT2D eigenvalue weighted by Gasteiger charge is 2.32. The van der Waals surface area contributed by atoms with Gasteiger partial charge >= 0.3 is 0 Å². The molecule has 1 aliphatic rings. The van der Waals surface area contributed by atoms with Crippen LogP contribution in [0.25, 0.3) is 0 Å². The zero-order chi connectivity index (χ0) is 21.0. The number of nitrogens with zero attached hydrogens (tertiary/aromatic N) is 2. The first-order chi connectivity index (χ1) is 13.7. The van der Waals surface area contributed by atoms with Crippen molar-refractivity contribution in [2.75, 3.05) is 6.26 Å². The molecule has 0 radical (unpaired) electrons. The van der Waals surface area contributed by atoms with Gasteiger partial charge < -0.3 is 10.1 Å². The number of aromatic nitrogens is 2. The van der Waals surface area contributed by atoms with Crippen LogP contribution in [-0.4, -0.2) is 36.6 Å². The summed E-state index contributed by atoms with van der Waals surface area (Å²) >= 11 is 0. The molecule has 0 saturated heterocycles. The van der Waals surface area contributed by atoms with Crippen LogP contribution in [0.3, 0.4) is 0 Å². The Morgan fingerprint density at radius 3 is 2.52 bits per heavy atom. The van der Waals surface area contributed by atoms with Crippen molar-refractivity contribution in [3.05, 3.63) is 59.4 Å². The largest absolute Gasteiger partial charge is 0.438 e. The fourth-order valence-corrected chi connectivity index (χ4v) is 3.18. The fourth-order valence-electron chi connectivity index (χ4n) is 2.73. The Morgan fingerprint density at radius 2 is 1.93 bits per heavy atom. The Bertz CT molecular complexity index is 1000. The summed E-state index contributed by atoms with van der Waals surface area (Å²) in [4.78, 5) is 21.7. The Labute approximate surface area is 171 Å². The van der Waals surface area contributed by atoms with E-state index in [0.717, 1.165) is 24.5 Å². The maximum Gasteiger partial charge on any atom is 0.258 e. The Kier molecular flexibility index (Phi) is 6.32. The third-order valence-electron chi connectivity index (χ3n) is 4.45. The zero-order valence-electron chi connectivity index (χ0n) is 16.7. The second-order valence-electron chi connectivity index (χ2n) is 7.51. The van der Waals surface area contributed by atoms with E-state index in [0.29, 0.717) is 11.6 Å². The van der Waals surface area contributed by atoms with Crippen molar-refractivity contribution < 1.29 is 17.9 Å². The number of carbonyl (C=O) groups excluding carboxylic acids is 1. The maximum absolute atomic E-state index is 12.9. The van der Waals surface area contributed by atoms with Gasteiger partial charge in [-0.3, -0.25) is 4.79 Å². The highest BCUT2D eigenvalue weighted by Crippen LogP contribution is 2.34. The normalized spacial score (nSPS) is 15.4. The highest BCUT2D eigenvalue weighted by atomic mass is 32.2. The molecule has 1 amide bonds. The zero-order valence-corrected chi connectivity index (χ0v) is 17.5. The van der Waals surface area contributed by atoms with Crippen molar-refractivity contribution in [2.24, 2.45) is 5.92 Å². The number of benzene rings is 1. The van der Waals surface area contributed by atoms with Crippen LogP contribution in [0, 0.1) is 5.92 Å². The second-order valence-corrected chi connectivity index (χ2v) is 9.44. The molecule has 1 N–H and O–H groups in total. The lowest BCUT2D eigenvalue weighted by Gasteiger charge is -2.16. The molecule has 2 aromatic rings. The molecule has 1 aromatic heterocycles. The van der Waals surface area contributed by atoms with Crippen LogP contribution >= 0.6 is 0 Å². The first kappa shape index (κ1) is 21.0. The van der Waals surface area contributed by atoms with E-state index < -0.39 is 15.7 Å². The number of nitrogens with one attached hydrogen (secondary N) is 1. The molecule has 29 heavy (non-hydrogen) atoms. The number of ether oxygens (including phenoxy) is 1. The summed E-state index contributed by atoms with van der Waals surface area (Å²) in [5.41, 5.74) is 0.205. The van der Waals surface area contributed by atoms with Gasteiger partial charge in [-0.2, -0.15) is 4.98 Å². The molecular weight excluding hydrogens is 390 g/mol. The number of amides is 1. The molecule has 3 rings (SSSR count). The van der Waals surface area contributed by atoms with Crippen LogP contribution in [0.1, 0.15) is 48.8 Å². The van der Waals surface area contributed by atoms with Crippen LogP contribution in [0.5, 0.6) is 11.6 Å². The predicted molar refractivity (Wildman–Crippen MR) is 111 cm³/mol. The van der Waals surface area contributed by atoms with Crippen molar-refractivity contribution in [1.82, 2.24) is 15.3 Å². The number of sulfone groups is 1. The molecule has 1 fully saturated rings. The summed E-state index contributed by atoms with van der Waals surface area (Å²) in [5.74, 6) is 1.21. The van der Waals surface area contributed by atoms with Crippen LogP contribution in [0.2, 0.25) is 0 Å². The van der Waals surface area contributed by atoms with E-state index in [4.69, 9.17) is 4.74 Å². The van der Waals surface area contributed by atoms with Gasteiger partial charge in [-0.25, -0.2) is 13.4 Å². The number of rotatable bonds is 8. The minimum Gasteiger partial charge on any atom is -0.438 e. The molecule has 1 aliphatic carbocycles. The van der Waals surface area contributed by atoms with Crippen LogP contribution in [-0.2, 0) is 9.84 Å². The second kappa shape index (κ2) is 8.73. The molecular formula is C21H25N3O4S. The summed E-state index contributed by atoms with van der Waals surface area (Å²) in [7, 11) is -3.27. The molecule has 1 aromatic carbocycles. The lowest BCUT2D eigenvalue weighted by molar-refractivity contribution is 0.0937. The standard InChI is InChI=1S/C21H25N3O4S/c1-14(2)19-22-13-17(21(24-19)28-16-7-5-4-6-8-16)20(25)23-18(15-9-10-15)11-12-29(3,26)27/h4-8,11-15,18H,9-10H2,1-3H3,(H,23,25)/b12-11+/t18-/m1/s1. The predicted octanol–water partition coefficient (Wildman–Crippen LogP) is 3.46. The molecule has 1 saturated carbocycles. The number of hydrogen-bond acceptors (Lipinski definition) is 6. The SMILES string of the molecule is CC(C)c1ncc(C(=O)N[C@H](/C=C/S(C)(=O)=O)C2CC2)c(Oc2ccccc2)n1. The van der Waals surface area contributed by atoms with Gasteiger partial charge in [-0.15, -0.1) is 0 Å². The van der Waals surface area contributed by atoms with E-state index in [-0.39, 0.29) is 29.3 Å². The van der Waals surface area contributed by atoms with E-state index in [1.807, 2.05) is 32.0 Å². The van der Waals surface area contributed by atoms with Gasteiger partial charge in [0.25, 0.3) is 5.91 Å². The van der Waals surface area contributed by atoms with E-state index in [9.17, 15) is 13.2 Å². The molecule has 0 bridgehead atoms. The third-order valence-corrected chi connectivity index (χ3v) is 5.10. The lowest BCUT2D eigenvalue weighted by atomic mass is 10.1. The minimum absolute atomic E-state index is 0.0714. The third kappa shape index (κ3) is 6.12. The highest BCUT2D eigenvalue weighted by molar-refractivity contribution is 7.93. The van der Waals surface area contributed by atoms with Crippen LogP contribution < -0.4 is 10.1 Å². The molecule has 8 heteroatoms. The average molecular weight is 416 g/mol. The van der Waals surface area contributed by atoms with Gasteiger partial charge in [-0.1, -0.05) is 38.1 Å². The lowest BCUT2D eigenvalue weighted by Crippen LogP contribution is -2.35. The van der Waals surface area contributed by atoms with Gasteiger partial charge in [-0.05, 0) is 30.9 Å². The molecule has 154 valence electrons. The molecule has 7 nitrogen and oxygen atoms in total. The Morgan fingerprint density at radius 1 is 1.24 bits per heavy atom. The van der Waals surface area contributed by atoms with Crippen LogP contribution in [0.15, 0.2) is 48.0 Å². The van der Waals surface area contributed by atoms with Gasteiger partial charge in [0.15, 0.2) is 9.84 Å². The van der Waals surface area contributed by atoms with Crippen molar-refractivity contribution >= 4 is 15.7 Å². The van der Waals surface area contributed by atoms with Gasteiger partial charge in [0.05, 0.1) is 6.04 Å². The molecule has 1 heterocycles. The molecule has 0 aliphatic heterocycles. The smallest absolute Gasteiger partial charge is 0.258 e. The number of carbonyl (C=O) groups is 1. The van der Waals surface area contributed by atoms with Gasteiger partial charge in [0, 0.05) is 23.8 Å². The summed E-state index contributed by atoms with van der Waals surface area (Å²) in [6.07, 6.45) is 6.00. The molecule has 0 unspecified atom stereocenters. The van der Waals surface area contributed by atoms with Crippen molar-refractivity contribution in [2.45, 2.75) is 38.6 Å². The monoisotopic (exact) mass is 415 g/mol. The number of para-hydroxylation sites is 1. The molecule has 0 spiro atoms. The van der Waals surface area contributed by atoms with Crippen LogP contribution in [0.4, 0.5) is 0 Å². The summed E-state index contributed by atoms with van der Waals surface area (Å²) < 4.78 is 28.8. The van der Waals surface area contributed by atoms with Gasteiger partial charge in [0.1, 0.15) is 17.1 Å². The quantitative estimate of drug-likeness (QED) is 0.709. The van der Waals surface area contributed by atoms with Crippen molar-refractivity contribution in [3.63, 3.8) is 0 Å². The first-order valence-corrected chi connectivity index (χ1v) is 11.5.